The molecule has 0 unspecified atom stereocenters. The number of pyridine rings is 1. The van der Waals surface area contributed by atoms with Crippen molar-refractivity contribution in [3.63, 3.8) is 0 Å². The van der Waals surface area contributed by atoms with Gasteiger partial charge in [0.25, 0.3) is 0 Å². The number of ether oxygens (including phenoxy) is 1. The molecule has 36 heavy (non-hydrogen) atoms. The van der Waals surface area contributed by atoms with E-state index in [1.807, 2.05) is 37.3 Å². The summed E-state index contributed by atoms with van der Waals surface area (Å²) in [5.74, 6) is 0.386. The van der Waals surface area contributed by atoms with E-state index < -0.39 is 5.82 Å². The smallest absolute Gasteiger partial charge is 0.228 e. The highest BCUT2D eigenvalue weighted by Crippen LogP contribution is 2.38. The number of hydrogen-bond acceptors (Lipinski definition) is 6. The molecule has 178 valence electrons. The average Bonchev–Trinajstić information content (AvgIpc) is 2.87. The van der Waals surface area contributed by atoms with Gasteiger partial charge in [-0.25, -0.2) is 19.3 Å². The van der Waals surface area contributed by atoms with Crippen molar-refractivity contribution in [2.45, 2.75) is 13.3 Å². The molecule has 0 bridgehead atoms. The maximum Gasteiger partial charge on any atom is 0.228 e. The second-order valence-corrected chi connectivity index (χ2v) is 8.19. The zero-order valence-corrected chi connectivity index (χ0v) is 19.4. The SMILES string of the molecule is Cc1ccc2c(NC(=O)Cc3ccccc3F)cccc2c1Oc1ncccc1-c1ccnc(N)n1. The van der Waals surface area contributed by atoms with E-state index in [2.05, 4.69) is 20.3 Å². The summed E-state index contributed by atoms with van der Waals surface area (Å²) in [7, 11) is 0. The van der Waals surface area contributed by atoms with Crippen LogP contribution in [0.1, 0.15) is 11.1 Å². The predicted molar refractivity (Wildman–Crippen MR) is 137 cm³/mol. The Bertz CT molecular complexity index is 1590. The molecule has 0 radical (unpaired) electrons. The lowest BCUT2D eigenvalue weighted by Crippen LogP contribution is -2.15. The molecule has 2 heterocycles. The van der Waals surface area contributed by atoms with Gasteiger partial charge in [-0.15, -0.1) is 0 Å². The molecule has 5 aromatic rings. The standard InChI is InChI=1S/C28H22FN5O2/c1-17-11-12-19-20(7-4-10-23(19)33-25(35)16-18-6-2-3-9-22(18)29)26(17)36-27-21(8-5-14-31-27)24-13-15-32-28(30)34-24/h2-15H,16H2,1H3,(H,33,35)(H2,30,32,34). The number of rotatable bonds is 6. The number of amides is 1. The Morgan fingerprint density at radius 2 is 1.81 bits per heavy atom. The highest BCUT2D eigenvalue weighted by molar-refractivity contribution is 6.05. The second kappa shape index (κ2) is 9.79. The lowest BCUT2D eigenvalue weighted by molar-refractivity contribution is -0.115. The monoisotopic (exact) mass is 479 g/mol. The molecule has 0 fully saturated rings. The number of carbonyl (C=O) groups excluding carboxylic acids is 1. The highest BCUT2D eigenvalue weighted by atomic mass is 19.1. The topological polar surface area (TPSA) is 103 Å². The van der Waals surface area contributed by atoms with Gasteiger partial charge < -0.3 is 15.8 Å². The third kappa shape index (κ3) is 4.69. The fraction of sp³-hybridized carbons (Fsp3) is 0.0714. The van der Waals surface area contributed by atoms with E-state index >= 15 is 0 Å². The van der Waals surface area contributed by atoms with Gasteiger partial charge in [-0.1, -0.05) is 42.5 Å². The van der Waals surface area contributed by atoms with E-state index in [0.717, 1.165) is 16.3 Å². The maximum absolute atomic E-state index is 14.0. The Balaban J connectivity index is 1.49. The molecule has 7 nitrogen and oxygen atoms in total. The van der Waals surface area contributed by atoms with E-state index in [1.165, 1.54) is 6.07 Å². The van der Waals surface area contributed by atoms with Crippen molar-refractivity contribution < 1.29 is 13.9 Å². The number of benzene rings is 3. The van der Waals surface area contributed by atoms with Gasteiger partial charge in [-0.05, 0) is 48.4 Å². The fourth-order valence-corrected chi connectivity index (χ4v) is 3.98. The molecule has 2 aromatic heterocycles. The molecule has 3 N–H and O–H groups in total. The number of nitrogen functional groups attached to an aromatic ring is 1. The minimum Gasteiger partial charge on any atom is -0.437 e. The second-order valence-electron chi connectivity index (χ2n) is 8.19. The highest BCUT2D eigenvalue weighted by Gasteiger charge is 2.16. The Hall–Kier alpha value is -4.85. The van der Waals surface area contributed by atoms with E-state index in [0.29, 0.717) is 34.1 Å². The van der Waals surface area contributed by atoms with Crippen LogP contribution in [0, 0.1) is 12.7 Å². The zero-order chi connectivity index (χ0) is 25.1. The molecule has 0 aliphatic rings. The van der Waals surface area contributed by atoms with Crippen LogP contribution < -0.4 is 15.8 Å². The minimum absolute atomic E-state index is 0.0718. The van der Waals surface area contributed by atoms with E-state index in [1.54, 1.807) is 48.8 Å². The summed E-state index contributed by atoms with van der Waals surface area (Å²) < 4.78 is 20.4. The summed E-state index contributed by atoms with van der Waals surface area (Å²) in [4.78, 5) is 25.4. The predicted octanol–water partition coefficient (Wildman–Crippen LogP) is 5.70. The first-order valence-electron chi connectivity index (χ1n) is 11.3. The van der Waals surface area contributed by atoms with Gasteiger partial charge >= 0.3 is 0 Å². The molecule has 0 atom stereocenters. The number of nitrogens with two attached hydrogens (primary N) is 1. The minimum atomic E-state index is -0.409. The summed E-state index contributed by atoms with van der Waals surface area (Å²) in [5, 5.41) is 4.48. The van der Waals surface area contributed by atoms with Gasteiger partial charge in [0.2, 0.25) is 17.7 Å². The van der Waals surface area contributed by atoms with Crippen molar-refractivity contribution in [1.29, 1.82) is 0 Å². The van der Waals surface area contributed by atoms with Gasteiger partial charge in [0.05, 0.1) is 17.7 Å². The number of aryl methyl sites for hydroxylation is 1. The third-order valence-corrected chi connectivity index (χ3v) is 5.71. The van der Waals surface area contributed by atoms with Crippen LogP contribution in [0.3, 0.4) is 0 Å². The van der Waals surface area contributed by atoms with Crippen LogP contribution >= 0.6 is 0 Å². The lowest BCUT2D eigenvalue weighted by atomic mass is 10.0. The van der Waals surface area contributed by atoms with Crippen LogP contribution in [0.25, 0.3) is 22.0 Å². The van der Waals surface area contributed by atoms with Crippen LogP contribution in [0.2, 0.25) is 0 Å². The van der Waals surface area contributed by atoms with Crippen molar-refractivity contribution in [3.8, 4) is 22.9 Å². The molecule has 0 saturated carbocycles. The molecule has 5 rings (SSSR count). The van der Waals surface area contributed by atoms with Gasteiger partial charge in [0.15, 0.2) is 0 Å². The van der Waals surface area contributed by atoms with Crippen molar-refractivity contribution in [2.24, 2.45) is 0 Å². The Labute approximate surface area is 206 Å². The summed E-state index contributed by atoms with van der Waals surface area (Å²) in [5.41, 5.74) is 8.85. The van der Waals surface area contributed by atoms with Crippen molar-refractivity contribution in [2.75, 3.05) is 11.1 Å². The molecule has 0 saturated heterocycles. The van der Waals surface area contributed by atoms with E-state index in [-0.39, 0.29) is 18.3 Å². The van der Waals surface area contributed by atoms with Crippen molar-refractivity contribution >= 4 is 28.3 Å². The largest absolute Gasteiger partial charge is 0.437 e. The van der Waals surface area contributed by atoms with Crippen LogP contribution in [0.5, 0.6) is 11.6 Å². The average molecular weight is 480 g/mol. The fourth-order valence-electron chi connectivity index (χ4n) is 3.98. The molecule has 0 spiro atoms. The first-order valence-corrected chi connectivity index (χ1v) is 11.3. The molecule has 0 aliphatic heterocycles. The molecule has 3 aromatic carbocycles. The van der Waals surface area contributed by atoms with Crippen LogP contribution in [-0.2, 0) is 11.2 Å². The quantitative estimate of drug-likeness (QED) is 0.324. The summed E-state index contributed by atoms with van der Waals surface area (Å²) >= 11 is 0. The number of nitrogens with one attached hydrogen (secondary N) is 1. The summed E-state index contributed by atoms with van der Waals surface area (Å²) in [6.07, 6.45) is 3.14. The third-order valence-electron chi connectivity index (χ3n) is 5.71. The first-order chi connectivity index (χ1) is 17.5. The van der Waals surface area contributed by atoms with Gasteiger partial charge in [0, 0.05) is 28.9 Å². The molecular formula is C28H22FN5O2. The van der Waals surface area contributed by atoms with Gasteiger partial charge in [-0.2, -0.15) is 0 Å². The van der Waals surface area contributed by atoms with Crippen molar-refractivity contribution in [1.82, 2.24) is 15.0 Å². The summed E-state index contributed by atoms with van der Waals surface area (Å²) in [6.45, 7) is 1.93. The zero-order valence-electron chi connectivity index (χ0n) is 19.4. The number of aromatic nitrogens is 3. The Kier molecular flexibility index (Phi) is 6.23. The van der Waals surface area contributed by atoms with Gasteiger partial charge in [0.1, 0.15) is 11.6 Å². The number of halogens is 1. The number of nitrogens with zero attached hydrogens (tertiary/aromatic N) is 3. The normalized spacial score (nSPS) is 10.8. The Morgan fingerprint density at radius 3 is 2.64 bits per heavy atom. The van der Waals surface area contributed by atoms with E-state index in [9.17, 15) is 9.18 Å². The number of anilines is 2. The lowest BCUT2D eigenvalue weighted by Gasteiger charge is -2.16. The number of hydrogen-bond donors (Lipinski definition) is 2. The summed E-state index contributed by atoms with van der Waals surface area (Å²) in [6, 6.07) is 21.0. The maximum atomic E-state index is 14.0. The first kappa shape index (κ1) is 22.9. The molecule has 8 heteroatoms. The molecular weight excluding hydrogens is 457 g/mol. The van der Waals surface area contributed by atoms with E-state index in [4.69, 9.17) is 10.5 Å². The number of carbonyl (C=O) groups is 1. The van der Waals surface area contributed by atoms with Crippen LogP contribution in [0.15, 0.2) is 85.2 Å². The Morgan fingerprint density at radius 1 is 0.944 bits per heavy atom. The van der Waals surface area contributed by atoms with Gasteiger partial charge in [-0.3, -0.25) is 4.79 Å². The molecule has 1 amide bonds. The molecule has 0 aliphatic carbocycles. The van der Waals surface area contributed by atoms with Crippen molar-refractivity contribution in [3.05, 3.63) is 102 Å². The van der Waals surface area contributed by atoms with Crippen LogP contribution in [-0.4, -0.2) is 20.9 Å². The van der Waals surface area contributed by atoms with Crippen LogP contribution in [0.4, 0.5) is 16.0 Å². The number of fused-ring (bicyclic) bond motifs is 1.